The maximum Gasteiger partial charge on any atom is 0.317 e. The van der Waals surface area contributed by atoms with Crippen molar-refractivity contribution in [1.82, 2.24) is 9.80 Å². The summed E-state index contributed by atoms with van der Waals surface area (Å²) in [6.45, 7) is 4.74. The summed E-state index contributed by atoms with van der Waals surface area (Å²) in [7, 11) is 0. The Hall–Kier alpha value is -1.63. The van der Waals surface area contributed by atoms with Gasteiger partial charge < -0.3 is 10.4 Å². The normalized spacial score (nSPS) is 16.3. The third kappa shape index (κ3) is 5.78. The summed E-state index contributed by atoms with van der Waals surface area (Å²) in [4.78, 5) is 27.1. The molecule has 1 aromatic rings. The number of anilines is 1. The van der Waals surface area contributed by atoms with E-state index in [0.29, 0.717) is 11.6 Å². The van der Waals surface area contributed by atoms with Crippen molar-refractivity contribution in [2.75, 3.05) is 38.0 Å². The number of likely N-dealkylation sites (N-methyl/N-ethyl adjacent to an activating group) is 1. The number of rotatable bonds is 7. The lowest BCUT2D eigenvalue weighted by Gasteiger charge is -2.37. The lowest BCUT2D eigenvalue weighted by Crippen LogP contribution is -2.48. The molecule has 24 heavy (non-hydrogen) atoms. The van der Waals surface area contributed by atoms with Crippen LogP contribution < -0.4 is 5.32 Å². The molecule has 2 N–H and O–H groups in total. The smallest absolute Gasteiger partial charge is 0.317 e. The van der Waals surface area contributed by atoms with Crippen molar-refractivity contribution in [3.8, 4) is 0 Å². The van der Waals surface area contributed by atoms with E-state index in [1.165, 1.54) is 0 Å². The van der Waals surface area contributed by atoms with Crippen molar-refractivity contribution in [3.05, 3.63) is 29.3 Å². The second-order valence-electron chi connectivity index (χ2n) is 6.02. The molecule has 1 saturated heterocycles. The third-order valence-corrected chi connectivity index (χ3v) is 4.57. The van der Waals surface area contributed by atoms with Gasteiger partial charge in [0.05, 0.1) is 13.1 Å². The second kappa shape index (κ2) is 9.01. The zero-order chi connectivity index (χ0) is 17.5. The van der Waals surface area contributed by atoms with Gasteiger partial charge in [-0.1, -0.05) is 18.5 Å². The van der Waals surface area contributed by atoms with E-state index in [1.54, 1.807) is 24.3 Å². The lowest BCUT2D eigenvalue weighted by molar-refractivity contribution is -0.139. The molecule has 0 radical (unpaired) electrons. The molecule has 0 spiro atoms. The number of hydrogen-bond donors (Lipinski definition) is 2. The van der Waals surface area contributed by atoms with E-state index in [1.807, 2.05) is 11.8 Å². The molecule has 0 bridgehead atoms. The average molecular weight is 354 g/mol. The van der Waals surface area contributed by atoms with Gasteiger partial charge in [-0.05, 0) is 43.7 Å². The Balaban J connectivity index is 1.76. The number of carboxylic acid groups (broad SMARTS) is 1. The molecule has 1 aliphatic rings. The summed E-state index contributed by atoms with van der Waals surface area (Å²) in [6, 6.07) is 7.31. The zero-order valence-corrected chi connectivity index (χ0v) is 14.6. The highest BCUT2D eigenvalue weighted by atomic mass is 35.5. The first-order chi connectivity index (χ1) is 11.5. The first-order valence-corrected chi connectivity index (χ1v) is 8.59. The van der Waals surface area contributed by atoms with Crippen LogP contribution in [0.1, 0.15) is 19.8 Å². The molecular formula is C17H24ClN3O3. The minimum atomic E-state index is -0.790. The van der Waals surface area contributed by atoms with Gasteiger partial charge >= 0.3 is 5.97 Å². The molecule has 6 nitrogen and oxygen atoms in total. The number of nitrogens with zero attached hydrogens (tertiary/aromatic N) is 2. The van der Waals surface area contributed by atoms with Crippen molar-refractivity contribution in [3.63, 3.8) is 0 Å². The Labute approximate surface area is 147 Å². The predicted octanol–water partition coefficient (Wildman–Crippen LogP) is 2.15. The first-order valence-electron chi connectivity index (χ1n) is 8.21. The van der Waals surface area contributed by atoms with Crippen molar-refractivity contribution in [1.29, 1.82) is 0 Å². The van der Waals surface area contributed by atoms with Gasteiger partial charge in [0.2, 0.25) is 5.91 Å². The number of aliphatic carboxylic acids is 1. The van der Waals surface area contributed by atoms with Crippen LogP contribution in [0.4, 0.5) is 5.69 Å². The van der Waals surface area contributed by atoms with Crippen molar-refractivity contribution in [2.24, 2.45) is 0 Å². The highest BCUT2D eigenvalue weighted by molar-refractivity contribution is 6.30. The number of carbonyl (C=O) groups is 2. The van der Waals surface area contributed by atoms with Crippen LogP contribution in [0.15, 0.2) is 24.3 Å². The molecule has 2 rings (SSSR count). The fraction of sp³-hybridized carbons (Fsp3) is 0.529. The Kier molecular flexibility index (Phi) is 7.02. The number of carboxylic acids is 1. The third-order valence-electron chi connectivity index (χ3n) is 4.31. The Morgan fingerprint density at radius 2 is 1.92 bits per heavy atom. The van der Waals surface area contributed by atoms with E-state index in [9.17, 15) is 9.59 Å². The van der Waals surface area contributed by atoms with Crippen LogP contribution in [0.3, 0.4) is 0 Å². The SMILES string of the molecule is CCN(CC(=O)O)C1CCN(CC(=O)Nc2ccc(Cl)cc2)CC1. The highest BCUT2D eigenvalue weighted by Crippen LogP contribution is 2.17. The minimum absolute atomic E-state index is 0.0475. The van der Waals surface area contributed by atoms with Crippen molar-refractivity contribution < 1.29 is 14.7 Å². The van der Waals surface area contributed by atoms with Crippen molar-refractivity contribution in [2.45, 2.75) is 25.8 Å². The number of halogens is 1. The number of carbonyl (C=O) groups excluding carboxylic acids is 1. The van der Waals surface area contributed by atoms with Gasteiger partial charge in [0.15, 0.2) is 0 Å². The molecule has 0 atom stereocenters. The maximum atomic E-state index is 12.1. The molecular weight excluding hydrogens is 330 g/mol. The van der Waals surface area contributed by atoms with E-state index in [0.717, 1.165) is 38.2 Å². The van der Waals surface area contributed by atoms with Crippen LogP contribution in [0.25, 0.3) is 0 Å². The van der Waals surface area contributed by atoms with Gasteiger partial charge in [-0.15, -0.1) is 0 Å². The van der Waals surface area contributed by atoms with E-state index < -0.39 is 5.97 Å². The van der Waals surface area contributed by atoms with Crippen LogP contribution in [0.2, 0.25) is 5.02 Å². The second-order valence-corrected chi connectivity index (χ2v) is 6.46. The van der Waals surface area contributed by atoms with Crippen LogP contribution in [-0.4, -0.2) is 65.5 Å². The molecule has 1 heterocycles. The number of amides is 1. The molecule has 0 aromatic heterocycles. The lowest BCUT2D eigenvalue weighted by atomic mass is 10.0. The summed E-state index contributed by atoms with van der Waals surface area (Å²) in [5, 5.41) is 12.5. The van der Waals surface area contributed by atoms with Crippen LogP contribution in [-0.2, 0) is 9.59 Å². The standard InChI is InChI=1S/C17H24ClN3O3/c1-2-21(12-17(23)24)15-7-9-20(10-8-15)11-16(22)19-14-5-3-13(18)4-6-14/h3-6,15H,2,7-12H2,1H3,(H,19,22)(H,23,24). The largest absolute Gasteiger partial charge is 0.480 e. The van der Waals surface area contributed by atoms with Gasteiger partial charge in [-0.2, -0.15) is 0 Å². The van der Waals surface area contributed by atoms with Crippen LogP contribution in [0, 0.1) is 0 Å². The van der Waals surface area contributed by atoms with Gasteiger partial charge in [-0.3, -0.25) is 19.4 Å². The van der Waals surface area contributed by atoms with Crippen molar-refractivity contribution >= 4 is 29.2 Å². The minimum Gasteiger partial charge on any atom is -0.480 e. The number of benzene rings is 1. The van der Waals surface area contributed by atoms with Gasteiger partial charge in [0.1, 0.15) is 0 Å². The number of piperidine rings is 1. The molecule has 132 valence electrons. The molecule has 0 unspecified atom stereocenters. The van der Waals surface area contributed by atoms with Gasteiger partial charge in [0, 0.05) is 29.8 Å². The first kappa shape index (κ1) is 18.7. The predicted molar refractivity (Wildman–Crippen MR) is 94.4 cm³/mol. The molecule has 1 fully saturated rings. The number of nitrogens with one attached hydrogen (secondary N) is 1. The summed E-state index contributed by atoms with van der Waals surface area (Å²) in [5.41, 5.74) is 0.734. The average Bonchev–Trinajstić information content (AvgIpc) is 2.55. The van der Waals surface area contributed by atoms with E-state index >= 15 is 0 Å². The topological polar surface area (TPSA) is 72.9 Å². The fourth-order valence-electron chi connectivity index (χ4n) is 3.05. The Bertz CT molecular complexity index is 557. The summed E-state index contributed by atoms with van der Waals surface area (Å²) in [5.74, 6) is -0.838. The summed E-state index contributed by atoms with van der Waals surface area (Å²) >= 11 is 5.82. The Morgan fingerprint density at radius 1 is 1.29 bits per heavy atom. The van der Waals surface area contributed by atoms with E-state index in [4.69, 9.17) is 16.7 Å². The number of likely N-dealkylation sites (tertiary alicyclic amines) is 1. The number of hydrogen-bond acceptors (Lipinski definition) is 4. The fourth-order valence-corrected chi connectivity index (χ4v) is 3.18. The quantitative estimate of drug-likeness (QED) is 0.785. The molecule has 0 saturated carbocycles. The monoisotopic (exact) mass is 353 g/mol. The van der Waals surface area contributed by atoms with Crippen LogP contribution in [0.5, 0.6) is 0 Å². The van der Waals surface area contributed by atoms with E-state index in [-0.39, 0.29) is 18.5 Å². The molecule has 1 aromatic carbocycles. The highest BCUT2D eigenvalue weighted by Gasteiger charge is 2.25. The molecule has 1 amide bonds. The van der Waals surface area contributed by atoms with Crippen LogP contribution >= 0.6 is 11.6 Å². The summed E-state index contributed by atoms with van der Waals surface area (Å²) < 4.78 is 0. The molecule has 7 heteroatoms. The van der Waals surface area contributed by atoms with Gasteiger partial charge in [-0.25, -0.2) is 0 Å². The zero-order valence-electron chi connectivity index (χ0n) is 13.9. The van der Waals surface area contributed by atoms with Gasteiger partial charge in [0.25, 0.3) is 0 Å². The molecule has 0 aliphatic carbocycles. The molecule has 1 aliphatic heterocycles. The Morgan fingerprint density at radius 3 is 2.46 bits per heavy atom. The summed E-state index contributed by atoms with van der Waals surface area (Å²) in [6.07, 6.45) is 1.77. The van der Waals surface area contributed by atoms with E-state index in [2.05, 4.69) is 10.2 Å². The maximum absolute atomic E-state index is 12.1.